The molecule has 0 bridgehead atoms. The van der Waals surface area contributed by atoms with E-state index in [4.69, 9.17) is 9.47 Å². The van der Waals surface area contributed by atoms with Gasteiger partial charge >= 0.3 is 0 Å². The zero-order valence-electron chi connectivity index (χ0n) is 19.6. The molecule has 10 heteroatoms. The third kappa shape index (κ3) is 4.72. The maximum atomic E-state index is 13.3. The van der Waals surface area contributed by atoms with Crippen LogP contribution in [0.25, 0.3) is 0 Å². The van der Waals surface area contributed by atoms with Crippen molar-refractivity contribution in [3.63, 3.8) is 0 Å². The van der Waals surface area contributed by atoms with Gasteiger partial charge in [-0.1, -0.05) is 17.7 Å². The molecule has 1 atom stereocenters. The molecule has 0 saturated carbocycles. The van der Waals surface area contributed by atoms with Gasteiger partial charge in [0, 0.05) is 37.3 Å². The number of fused-ring (bicyclic) bond motifs is 1. The lowest BCUT2D eigenvalue weighted by atomic mass is 9.96. The monoisotopic (exact) mass is 499 g/mol. The van der Waals surface area contributed by atoms with E-state index in [2.05, 4.69) is 5.32 Å². The molecule has 3 aliphatic rings. The third-order valence-electron chi connectivity index (χ3n) is 6.94. The summed E-state index contributed by atoms with van der Waals surface area (Å²) in [5.41, 5.74) is 1.59. The number of nitrogens with zero attached hydrogens (tertiary/aromatic N) is 2. The second-order valence-corrected chi connectivity index (χ2v) is 11.2. The summed E-state index contributed by atoms with van der Waals surface area (Å²) in [6, 6.07) is 11.5. The lowest BCUT2D eigenvalue weighted by Gasteiger charge is -2.34. The maximum Gasteiger partial charge on any atom is 0.247 e. The molecule has 0 aromatic heterocycles. The SMILES string of the molecule is Cc1ccc(S(=O)(=O)N2CCC(C(=O)N3CCCC3C(=O)Nc3ccc4c(c3)OCO4)CC2)cc1. The zero-order valence-corrected chi connectivity index (χ0v) is 20.4. The van der Waals surface area contributed by atoms with Crippen molar-refractivity contribution in [1.82, 2.24) is 9.21 Å². The van der Waals surface area contributed by atoms with Crippen molar-refractivity contribution < 1.29 is 27.5 Å². The fourth-order valence-electron chi connectivity index (χ4n) is 4.94. The lowest BCUT2D eigenvalue weighted by Crippen LogP contribution is -2.48. The van der Waals surface area contributed by atoms with Gasteiger partial charge in [0.1, 0.15) is 6.04 Å². The summed E-state index contributed by atoms with van der Waals surface area (Å²) in [5, 5.41) is 2.89. The van der Waals surface area contributed by atoms with Crippen molar-refractivity contribution in [3.8, 4) is 11.5 Å². The first-order valence-corrected chi connectivity index (χ1v) is 13.3. The Morgan fingerprint density at radius 3 is 2.40 bits per heavy atom. The fourth-order valence-corrected chi connectivity index (χ4v) is 6.41. The number of sulfonamides is 1. The van der Waals surface area contributed by atoms with Crippen LogP contribution in [0, 0.1) is 12.8 Å². The summed E-state index contributed by atoms with van der Waals surface area (Å²) in [6.07, 6.45) is 2.24. The Hall–Kier alpha value is -3.11. The standard InChI is InChI=1S/C25H29N3O6S/c1-17-4-7-20(8-5-17)35(31,32)27-13-10-18(11-14-27)25(30)28-12-2-3-21(28)24(29)26-19-6-9-22-23(15-19)34-16-33-22/h4-9,15,18,21H,2-3,10-14,16H2,1H3,(H,26,29). The highest BCUT2D eigenvalue weighted by Crippen LogP contribution is 2.35. The number of ether oxygens (including phenoxy) is 2. The van der Waals surface area contributed by atoms with E-state index >= 15 is 0 Å². The number of hydrogen-bond acceptors (Lipinski definition) is 6. The molecular weight excluding hydrogens is 470 g/mol. The molecular formula is C25H29N3O6S. The first-order chi connectivity index (χ1) is 16.8. The van der Waals surface area contributed by atoms with Gasteiger partial charge in [-0.3, -0.25) is 9.59 Å². The molecule has 0 aliphatic carbocycles. The molecule has 35 heavy (non-hydrogen) atoms. The molecule has 3 heterocycles. The van der Waals surface area contributed by atoms with Gasteiger partial charge in [-0.05, 0) is 56.9 Å². The van der Waals surface area contributed by atoms with Gasteiger partial charge in [0.25, 0.3) is 0 Å². The summed E-state index contributed by atoms with van der Waals surface area (Å²) >= 11 is 0. The van der Waals surface area contributed by atoms with Gasteiger partial charge in [-0.15, -0.1) is 0 Å². The number of carbonyl (C=O) groups excluding carboxylic acids is 2. The number of rotatable bonds is 5. The minimum atomic E-state index is -3.59. The Kier molecular flexibility index (Phi) is 6.41. The van der Waals surface area contributed by atoms with Crippen LogP contribution in [0.3, 0.4) is 0 Å². The van der Waals surface area contributed by atoms with Crippen molar-refractivity contribution >= 4 is 27.5 Å². The highest BCUT2D eigenvalue weighted by molar-refractivity contribution is 7.89. The topological polar surface area (TPSA) is 105 Å². The molecule has 3 aliphatic heterocycles. The van der Waals surface area contributed by atoms with Gasteiger partial charge in [0.05, 0.1) is 4.90 Å². The van der Waals surface area contributed by atoms with E-state index in [1.54, 1.807) is 47.4 Å². The van der Waals surface area contributed by atoms with Crippen LogP contribution in [0.4, 0.5) is 5.69 Å². The van der Waals surface area contributed by atoms with E-state index in [1.807, 2.05) is 6.92 Å². The van der Waals surface area contributed by atoms with Crippen LogP contribution in [0.15, 0.2) is 47.4 Å². The van der Waals surface area contributed by atoms with Gasteiger partial charge in [-0.2, -0.15) is 4.31 Å². The number of anilines is 1. The van der Waals surface area contributed by atoms with Crippen molar-refractivity contribution in [2.24, 2.45) is 5.92 Å². The highest BCUT2D eigenvalue weighted by atomic mass is 32.2. The Labute approximate surface area is 205 Å². The molecule has 5 rings (SSSR count). The minimum Gasteiger partial charge on any atom is -0.454 e. The zero-order chi connectivity index (χ0) is 24.6. The quantitative estimate of drug-likeness (QED) is 0.678. The Bertz CT molecular complexity index is 1220. The van der Waals surface area contributed by atoms with E-state index in [1.165, 1.54) is 4.31 Å². The van der Waals surface area contributed by atoms with Crippen molar-refractivity contribution in [2.45, 2.75) is 43.5 Å². The van der Waals surface area contributed by atoms with Crippen LogP contribution in [-0.2, 0) is 19.6 Å². The Balaban J connectivity index is 1.20. The number of likely N-dealkylation sites (tertiary alicyclic amines) is 1. The maximum absolute atomic E-state index is 13.3. The summed E-state index contributed by atoms with van der Waals surface area (Å²) in [6.45, 7) is 3.17. The summed E-state index contributed by atoms with van der Waals surface area (Å²) in [5.74, 6) is 0.624. The van der Waals surface area contributed by atoms with E-state index in [0.29, 0.717) is 43.0 Å². The molecule has 2 saturated heterocycles. The molecule has 2 aromatic rings. The second-order valence-electron chi connectivity index (χ2n) is 9.24. The molecule has 2 amide bonds. The van der Waals surface area contributed by atoms with Crippen LogP contribution in [0.1, 0.15) is 31.2 Å². The molecule has 186 valence electrons. The molecule has 9 nitrogen and oxygen atoms in total. The lowest BCUT2D eigenvalue weighted by molar-refractivity contribution is -0.141. The van der Waals surface area contributed by atoms with E-state index in [-0.39, 0.29) is 42.5 Å². The molecule has 2 fully saturated rings. The first-order valence-electron chi connectivity index (χ1n) is 11.9. The summed E-state index contributed by atoms with van der Waals surface area (Å²) in [4.78, 5) is 28.3. The van der Waals surface area contributed by atoms with Crippen LogP contribution in [-0.4, -0.2) is 61.9 Å². The Morgan fingerprint density at radius 2 is 1.66 bits per heavy atom. The molecule has 1 N–H and O–H groups in total. The molecule has 0 radical (unpaired) electrons. The Morgan fingerprint density at radius 1 is 0.943 bits per heavy atom. The predicted octanol–water partition coefficient (Wildman–Crippen LogP) is 2.75. The van der Waals surface area contributed by atoms with Gasteiger partial charge < -0.3 is 19.7 Å². The number of amides is 2. The average Bonchev–Trinajstić information content (AvgIpc) is 3.53. The predicted molar refractivity (Wildman–Crippen MR) is 129 cm³/mol. The smallest absolute Gasteiger partial charge is 0.247 e. The summed E-state index contributed by atoms with van der Waals surface area (Å²) in [7, 11) is -3.59. The van der Waals surface area contributed by atoms with Gasteiger partial charge in [0.2, 0.25) is 28.6 Å². The van der Waals surface area contributed by atoms with Gasteiger partial charge in [0.15, 0.2) is 11.5 Å². The fraction of sp³-hybridized carbons (Fsp3) is 0.440. The number of benzene rings is 2. The minimum absolute atomic E-state index is 0.0688. The molecule has 0 spiro atoms. The first kappa shape index (κ1) is 23.6. The third-order valence-corrected chi connectivity index (χ3v) is 8.85. The van der Waals surface area contributed by atoms with Crippen LogP contribution >= 0.6 is 0 Å². The molecule has 1 unspecified atom stereocenters. The van der Waals surface area contributed by atoms with Gasteiger partial charge in [-0.25, -0.2) is 8.42 Å². The largest absolute Gasteiger partial charge is 0.454 e. The normalized spacial score (nSPS) is 20.7. The average molecular weight is 500 g/mol. The van der Waals surface area contributed by atoms with Crippen LogP contribution in [0.2, 0.25) is 0 Å². The number of carbonyl (C=O) groups is 2. The van der Waals surface area contributed by atoms with E-state index in [9.17, 15) is 18.0 Å². The van der Waals surface area contributed by atoms with E-state index in [0.717, 1.165) is 12.0 Å². The second kappa shape index (κ2) is 9.50. The van der Waals surface area contributed by atoms with Crippen LogP contribution in [0.5, 0.6) is 11.5 Å². The number of piperidine rings is 1. The van der Waals surface area contributed by atoms with Crippen molar-refractivity contribution in [2.75, 3.05) is 31.7 Å². The molecule has 2 aromatic carbocycles. The van der Waals surface area contributed by atoms with Crippen molar-refractivity contribution in [1.29, 1.82) is 0 Å². The van der Waals surface area contributed by atoms with Crippen LogP contribution < -0.4 is 14.8 Å². The van der Waals surface area contributed by atoms with Crippen molar-refractivity contribution in [3.05, 3.63) is 48.0 Å². The summed E-state index contributed by atoms with van der Waals surface area (Å²) < 4.78 is 38.1. The van der Waals surface area contributed by atoms with E-state index < -0.39 is 16.1 Å². The number of aryl methyl sites for hydroxylation is 1. The number of hydrogen-bond donors (Lipinski definition) is 1. The number of nitrogens with one attached hydrogen (secondary N) is 1. The highest BCUT2D eigenvalue weighted by Gasteiger charge is 2.39.